The lowest BCUT2D eigenvalue weighted by Crippen LogP contribution is -2.45. The second-order valence-electron chi connectivity index (χ2n) is 8.58. The van der Waals surface area contributed by atoms with Crippen LogP contribution in [0, 0.1) is 17.8 Å². The van der Waals surface area contributed by atoms with E-state index in [1.54, 1.807) is 7.05 Å². The molecule has 1 amide bonds. The van der Waals surface area contributed by atoms with E-state index >= 15 is 0 Å². The van der Waals surface area contributed by atoms with E-state index in [0.717, 1.165) is 6.04 Å². The van der Waals surface area contributed by atoms with Crippen molar-refractivity contribution in [2.45, 2.75) is 72.3 Å². The summed E-state index contributed by atoms with van der Waals surface area (Å²) in [7, 11) is -0.167. The first-order valence-corrected chi connectivity index (χ1v) is 10.8. The van der Waals surface area contributed by atoms with E-state index < -0.39 is 26.1 Å². The molecule has 0 bridgehead atoms. The molecule has 0 saturated carbocycles. The van der Waals surface area contributed by atoms with Crippen LogP contribution < -0.4 is 0 Å². The molecule has 0 heterocycles. The molecule has 0 radical (unpaired) electrons. The quantitative estimate of drug-likeness (QED) is 0.563. The Labute approximate surface area is 137 Å². The number of rotatable bonds is 5. The number of hydrogen-bond donors (Lipinski definition) is 0. The van der Waals surface area contributed by atoms with E-state index in [9.17, 15) is 4.79 Å². The first-order valence-electron chi connectivity index (χ1n) is 7.73. The van der Waals surface area contributed by atoms with Crippen molar-refractivity contribution in [2.24, 2.45) is 5.41 Å². The fourth-order valence-electron chi connectivity index (χ4n) is 2.37. The average Bonchev–Trinajstić information content (AvgIpc) is 2.23. The maximum Gasteiger partial charge on any atom is 0.411 e. The third-order valence-electron chi connectivity index (χ3n) is 2.93. The molecule has 128 valence electrons. The van der Waals surface area contributed by atoms with E-state index in [0.29, 0.717) is 6.61 Å². The molecule has 22 heavy (non-hydrogen) atoms. The van der Waals surface area contributed by atoms with Crippen molar-refractivity contribution in [3.05, 3.63) is 0 Å². The second-order valence-corrected chi connectivity index (χ2v) is 12.7. The lowest BCUT2D eigenvalue weighted by Gasteiger charge is -2.33. The van der Waals surface area contributed by atoms with Gasteiger partial charge in [0, 0.05) is 7.05 Å². The Morgan fingerprint density at radius 3 is 2.09 bits per heavy atom. The molecule has 0 spiro atoms. The van der Waals surface area contributed by atoms with Crippen LogP contribution in [0.2, 0.25) is 19.1 Å². The SMILES string of the molecule is C#C[C@H](CO[Si](C)(C)CC(C)(C)C)N(C)C(=O)OC(C)(C)C. The van der Waals surface area contributed by atoms with Gasteiger partial charge in [0.25, 0.3) is 0 Å². The van der Waals surface area contributed by atoms with Gasteiger partial charge in [-0.1, -0.05) is 26.7 Å². The highest BCUT2D eigenvalue weighted by atomic mass is 28.4. The van der Waals surface area contributed by atoms with Crippen molar-refractivity contribution in [1.29, 1.82) is 0 Å². The maximum atomic E-state index is 12.1. The molecule has 0 unspecified atom stereocenters. The molecule has 5 heteroatoms. The summed E-state index contributed by atoms with van der Waals surface area (Å²) in [6.07, 6.45) is 5.15. The van der Waals surface area contributed by atoms with Gasteiger partial charge in [-0.15, -0.1) is 6.42 Å². The third kappa shape index (κ3) is 9.11. The number of carbonyl (C=O) groups excluding carboxylic acids is 1. The molecule has 4 nitrogen and oxygen atoms in total. The Balaban J connectivity index is 4.67. The van der Waals surface area contributed by atoms with Gasteiger partial charge < -0.3 is 9.16 Å². The molecular weight excluding hydrogens is 294 g/mol. The van der Waals surface area contributed by atoms with Crippen molar-refractivity contribution >= 4 is 14.4 Å². The molecule has 0 rings (SSSR count). The Hall–Kier alpha value is -0.993. The van der Waals surface area contributed by atoms with Crippen LogP contribution in [0.25, 0.3) is 0 Å². The van der Waals surface area contributed by atoms with Crippen LogP contribution in [0.3, 0.4) is 0 Å². The fraction of sp³-hybridized carbons (Fsp3) is 0.824. The maximum absolute atomic E-state index is 12.1. The van der Waals surface area contributed by atoms with Crippen LogP contribution in [0.15, 0.2) is 0 Å². The van der Waals surface area contributed by atoms with Crippen LogP contribution in [-0.4, -0.2) is 44.6 Å². The summed E-state index contributed by atoms with van der Waals surface area (Å²) in [6, 6.07) is 0.620. The normalized spacial score (nSPS) is 14.2. The molecule has 0 saturated heterocycles. The van der Waals surface area contributed by atoms with E-state index in [2.05, 4.69) is 39.8 Å². The fourth-order valence-corrected chi connectivity index (χ4v) is 5.63. The number of terminal acetylenes is 1. The molecule has 0 N–H and O–H groups in total. The van der Waals surface area contributed by atoms with E-state index in [1.807, 2.05) is 20.8 Å². The lowest BCUT2D eigenvalue weighted by atomic mass is 10.0. The first-order chi connectivity index (χ1) is 9.67. The van der Waals surface area contributed by atoms with Crippen molar-refractivity contribution in [1.82, 2.24) is 4.90 Å². The van der Waals surface area contributed by atoms with Gasteiger partial charge in [0.15, 0.2) is 8.32 Å². The minimum atomic E-state index is -1.82. The van der Waals surface area contributed by atoms with Crippen LogP contribution >= 0.6 is 0 Å². The summed E-state index contributed by atoms with van der Waals surface area (Å²) in [6.45, 7) is 16.8. The van der Waals surface area contributed by atoms with Gasteiger partial charge in [-0.2, -0.15) is 0 Å². The van der Waals surface area contributed by atoms with Crippen LogP contribution in [0.5, 0.6) is 0 Å². The average molecular weight is 328 g/mol. The molecule has 0 fully saturated rings. The summed E-state index contributed by atoms with van der Waals surface area (Å²) in [5.74, 6) is 2.63. The Bertz CT molecular complexity index is 413. The van der Waals surface area contributed by atoms with Gasteiger partial charge >= 0.3 is 6.09 Å². The molecule has 0 aliphatic carbocycles. The highest BCUT2D eigenvalue weighted by Crippen LogP contribution is 2.28. The third-order valence-corrected chi connectivity index (χ3v) is 5.79. The molecular formula is C17H33NO3Si. The monoisotopic (exact) mass is 327 g/mol. The number of amides is 1. The van der Waals surface area contributed by atoms with E-state index in [-0.39, 0.29) is 5.41 Å². The largest absolute Gasteiger partial charge is 0.444 e. The number of carbonyl (C=O) groups is 1. The number of hydrogen-bond acceptors (Lipinski definition) is 3. The Kier molecular flexibility index (Phi) is 7.18. The van der Waals surface area contributed by atoms with Gasteiger partial charge in [0.05, 0.1) is 6.61 Å². The highest BCUT2D eigenvalue weighted by molar-refractivity contribution is 6.71. The van der Waals surface area contributed by atoms with Crippen molar-refractivity contribution in [3.63, 3.8) is 0 Å². The molecule has 0 aromatic heterocycles. The standard InChI is InChI=1S/C17H33NO3Si/c1-11-14(18(8)15(19)21-17(5,6)7)12-20-22(9,10)13-16(2,3)4/h1,14H,12-13H2,2-10H3/t14-/m1/s1. The Morgan fingerprint density at radius 2 is 1.73 bits per heavy atom. The van der Waals surface area contributed by atoms with Crippen molar-refractivity contribution in [3.8, 4) is 12.3 Å². The predicted octanol–water partition coefficient (Wildman–Crippen LogP) is 4.12. The Morgan fingerprint density at radius 1 is 1.23 bits per heavy atom. The summed E-state index contributed by atoms with van der Waals surface area (Å²) in [4.78, 5) is 13.5. The first kappa shape index (κ1) is 21.0. The second kappa shape index (κ2) is 7.52. The number of likely N-dealkylation sites (N-methyl/N-ethyl adjacent to an activating group) is 1. The minimum Gasteiger partial charge on any atom is -0.444 e. The molecule has 0 aliphatic rings. The zero-order valence-electron chi connectivity index (χ0n) is 15.7. The zero-order valence-corrected chi connectivity index (χ0v) is 16.7. The van der Waals surface area contributed by atoms with Crippen molar-refractivity contribution < 1.29 is 14.0 Å². The summed E-state index contributed by atoms with van der Waals surface area (Å²) in [5, 5.41) is 0. The predicted molar refractivity (Wildman–Crippen MR) is 94.3 cm³/mol. The highest BCUT2D eigenvalue weighted by Gasteiger charge is 2.31. The topological polar surface area (TPSA) is 38.8 Å². The summed E-state index contributed by atoms with van der Waals surface area (Å²) >= 11 is 0. The van der Waals surface area contributed by atoms with Crippen molar-refractivity contribution in [2.75, 3.05) is 13.7 Å². The minimum absolute atomic E-state index is 0.221. The van der Waals surface area contributed by atoms with Gasteiger partial charge in [0.2, 0.25) is 0 Å². The van der Waals surface area contributed by atoms with Gasteiger partial charge in [-0.25, -0.2) is 4.79 Å². The van der Waals surface area contributed by atoms with Gasteiger partial charge in [-0.3, -0.25) is 4.90 Å². The molecule has 1 atom stereocenters. The number of ether oxygens (including phenoxy) is 1. The van der Waals surface area contributed by atoms with Crippen LogP contribution in [0.4, 0.5) is 4.79 Å². The lowest BCUT2D eigenvalue weighted by molar-refractivity contribution is 0.0224. The van der Waals surface area contributed by atoms with Crippen LogP contribution in [0.1, 0.15) is 41.5 Å². The molecule has 0 aromatic rings. The van der Waals surface area contributed by atoms with E-state index in [1.165, 1.54) is 4.90 Å². The van der Waals surface area contributed by atoms with Gasteiger partial charge in [0.1, 0.15) is 11.6 Å². The summed E-state index contributed by atoms with van der Waals surface area (Å²) in [5.41, 5.74) is -0.315. The smallest absolute Gasteiger partial charge is 0.411 e. The number of nitrogens with zero attached hydrogens (tertiary/aromatic N) is 1. The molecule has 0 aliphatic heterocycles. The summed E-state index contributed by atoms with van der Waals surface area (Å²) < 4.78 is 11.4. The molecule has 0 aromatic carbocycles. The zero-order chi connectivity index (χ0) is 17.8. The van der Waals surface area contributed by atoms with Gasteiger partial charge in [-0.05, 0) is 45.3 Å². The van der Waals surface area contributed by atoms with Crippen LogP contribution in [-0.2, 0) is 9.16 Å². The van der Waals surface area contributed by atoms with E-state index in [4.69, 9.17) is 15.6 Å².